The third-order valence-corrected chi connectivity index (χ3v) is 5.16. The van der Waals surface area contributed by atoms with E-state index in [4.69, 9.17) is 4.74 Å². The monoisotopic (exact) mass is 433 g/mol. The normalized spacial score (nSPS) is 18.6. The van der Waals surface area contributed by atoms with Gasteiger partial charge in [0.2, 0.25) is 5.91 Å². The number of hydrazine groups is 1. The summed E-state index contributed by atoms with van der Waals surface area (Å²) in [6, 6.07) is 8.70. The molecule has 1 saturated heterocycles. The van der Waals surface area contributed by atoms with E-state index in [0.717, 1.165) is 12.1 Å². The summed E-state index contributed by atoms with van der Waals surface area (Å²) < 4.78 is 58.0. The van der Waals surface area contributed by atoms with Gasteiger partial charge in [-0.05, 0) is 30.2 Å². The van der Waals surface area contributed by atoms with Crippen molar-refractivity contribution in [3.05, 3.63) is 71.6 Å². The number of halogens is 4. The third-order valence-electron chi connectivity index (χ3n) is 5.16. The van der Waals surface area contributed by atoms with E-state index in [2.05, 4.69) is 17.0 Å². The van der Waals surface area contributed by atoms with E-state index in [1.807, 2.05) is 0 Å². The van der Waals surface area contributed by atoms with Crippen LogP contribution in [0.15, 0.2) is 54.0 Å². The standard InChI is InChI=1S/C22H19F4N3O2/c1-13-18-6-5-17(23)11-19(18)27-21(15-7-8-31-12-15)29(13)28-20(30)10-14-3-2-4-16(9-14)22(24,25)26/h2-6,9,11,15H,1,7-8,10,12H2,(H,28,30). The van der Waals surface area contributed by atoms with Gasteiger partial charge < -0.3 is 4.74 Å². The van der Waals surface area contributed by atoms with Gasteiger partial charge in [0.25, 0.3) is 0 Å². The van der Waals surface area contributed by atoms with Crippen molar-refractivity contribution < 1.29 is 27.1 Å². The number of benzene rings is 2. The zero-order valence-corrected chi connectivity index (χ0v) is 16.4. The summed E-state index contributed by atoms with van der Waals surface area (Å²) in [4.78, 5) is 17.2. The van der Waals surface area contributed by atoms with E-state index < -0.39 is 23.5 Å². The first-order valence-corrected chi connectivity index (χ1v) is 9.63. The van der Waals surface area contributed by atoms with Gasteiger partial charge >= 0.3 is 6.18 Å². The zero-order valence-electron chi connectivity index (χ0n) is 16.4. The number of amides is 1. The zero-order chi connectivity index (χ0) is 22.2. The maximum atomic E-state index is 13.7. The number of carbonyl (C=O) groups is 1. The SMILES string of the molecule is C=C1c2ccc(F)cc2N=C(C2CCOC2)N1NC(=O)Cc1cccc(C(F)(F)F)c1. The molecular formula is C22H19F4N3O2. The van der Waals surface area contributed by atoms with Crippen molar-refractivity contribution in [2.45, 2.75) is 19.0 Å². The van der Waals surface area contributed by atoms with Gasteiger partial charge in [0.1, 0.15) is 11.7 Å². The molecule has 4 rings (SSSR count). The van der Waals surface area contributed by atoms with Gasteiger partial charge in [-0.2, -0.15) is 13.2 Å². The van der Waals surface area contributed by atoms with Crippen LogP contribution in [-0.4, -0.2) is 30.0 Å². The number of ether oxygens (including phenoxy) is 1. The smallest absolute Gasteiger partial charge is 0.381 e. The van der Waals surface area contributed by atoms with Crippen LogP contribution < -0.4 is 5.43 Å². The molecule has 0 aromatic heterocycles. The third kappa shape index (κ3) is 4.46. The molecule has 162 valence electrons. The fourth-order valence-electron chi connectivity index (χ4n) is 3.62. The molecule has 1 unspecified atom stereocenters. The average molecular weight is 433 g/mol. The molecule has 9 heteroatoms. The van der Waals surface area contributed by atoms with E-state index in [1.54, 1.807) is 0 Å². The van der Waals surface area contributed by atoms with E-state index >= 15 is 0 Å². The molecule has 2 aliphatic rings. The molecular weight excluding hydrogens is 414 g/mol. The molecule has 1 atom stereocenters. The molecule has 1 amide bonds. The average Bonchev–Trinajstić information content (AvgIpc) is 3.24. The van der Waals surface area contributed by atoms with Crippen LogP contribution in [0.25, 0.3) is 5.70 Å². The highest BCUT2D eigenvalue weighted by Gasteiger charge is 2.33. The highest BCUT2D eigenvalue weighted by Crippen LogP contribution is 2.36. The van der Waals surface area contributed by atoms with Crippen LogP contribution in [0.4, 0.5) is 23.2 Å². The van der Waals surface area contributed by atoms with Gasteiger partial charge in [0, 0.05) is 24.2 Å². The Kier molecular flexibility index (Phi) is 5.53. The van der Waals surface area contributed by atoms with Gasteiger partial charge in [-0.25, -0.2) is 14.4 Å². The lowest BCUT2D eigenvalue weighted by Crippen LogP contribution is -2.49. The summed E-state index contributed by atoms with van der Waals surface area (Å²) in [5, 5.41) is 1.43. The first kappa shape index (κ1) is 21.0. The Hall–Kier alpha value is -3.20. The fourth-order valence-corrected chi connectivity index (χ4v) is 3.62. The molecule has 1 N–H and O–H groups in total. The number of aliphatic imine (C=N–C) groups is 1. The number of nitrogens with zero attached hydrogens (tertiary/aromatic N) is 2. The molecule has 2 heterocycles. The fraction of sp³-hybridized carbons (Fsp3) is 0.273. The summed E-state index contributed by atoms with van der Waals surface area (Å²) in [6.45, 7) is 4.92. The van der Waals surface area contributed by atoms with Crippen molar-refractivity contribution in [2.75, 3.05) is 13.2 Å². The Balaban J connectivity index is 1.58. The van der Waals surface area contributed by atoms with Crippen molar-refractivity contribution in [1.29, 1.82) is 0 Å². The van der Waals surface area contributed by atoms with Crippen molar-refractivity contribution >= 4 is 23.1 Å². The maximum absolute atomic E-state index is 13.7. The minimum atomic E-state index is -4.49. The maximum Gasteiger partial charge on any atom is 0.416 e. The Morgan fingerprint density at radius 3 is 2.77 bits per heavy atom. The summed E-state index contributed by atoms with van der Waals surface area (Å²) in [5.41, 5.74) is 3.43. The Bertz CT molecular complexity index is 1060. The second-order valence-corrected chi connectivity index (χ2v) is 7.38. The molecule has 0 radical (unpaired) electrons. The van der Waals surface area contributed by atoms with Gasteiger partial charge in [-0.15, -0.1) is 0 Å². The van der Waals surface area contributed by atoms with Crippen molar-refractivity contribution in [3.63, 3.8) is 0 Å². The minimum absolute atomic E-state index is 0.137. The lowest BCUT2D eigenvalue weighted by atomic mass is 10.0. The van der Waals surface area contributed by atoms with Crippen molar-refractivity contribution in [1.82, 2.24) is 10.4 Å². The molecule has 5 nitrogen and oxygen atoms in total. The molecule has 2 aliphatic heterocycles. The Labute approximate surface area is 176 Å². The number of rotatable bonds is 4. The van der Waals surface area contributed by atoms with E-state index in [9.17, 15) is 22.4 Å². The molecule has 2 aromatic carbocycles. The number of fused-ring (bicyclic) bond motifs is 1. The molecule has 2 aromatic rings. The largest absolute Gasteiger partial charge is 0.416 e. The first-order chi connectivity index (χ1) is 14.7. The second-order valence-electron chi connectivity index (χ2n) is 7.38. The van der Waals surface area contributed by atoms with Crippen LogP contribution in [0, 0.1) is 11.7 Å². The topological polar surface area (TPSA) is 53.9 Å². The van der Waals surface area contributed by atoms with Gasteiger partial charge in [0.05, 0.1) is 30.0 Å². The highest BCUT2D eigenvalue weighted by atomic mass is 19.4. The summed E-state index contributed by atoms with van der Waals surface area (Å²) in [5.74, 6) is -0.656. The van der Waals surface area contributed by atoms with Crippen molar-refractivity contribution in [2.24, 2.45) is 10.9 Å². The summed E-state index contributed by atoms with van der Waals surface area (Å²) in [6.07, 6.45) is -4.09. The van der Waals surface area contributed by atoms with Gasteiger partial charge in [-0.1, -0.05) is 24.8 Å². The number of hydrogen-bond donors (Lipinski definition) is 1. The van der Waals surface area contributed by atoms with Gasteiger partial charge in [-0.3, -0.25) is 10.2 Å². The number of hydrogen-bond acceptors (Lipinski definition) is 4. The molecule has 0 bridgehead atoms. The lowest BCUT2D eigenvalue weighted by Gasteiger charge is -2.34. The molecule has 0 saturated carbocycles. The number of alkyl halides is 3. The Morgan fingerprint density at radius 1 is 1.26 bits per heavy atom. The molecule has 0 aliphatic carbocycles. The van der Waals surface area contributed by atoms with Crippen LogP contribution >= 0.6 is 0 Å². The van der Waals surface area contributed by atoms with E-state index in [-0.39, 0.29) is 17.9 Å². The van der Waals surface area contributed by atoms with E-state index in [1.165, 1.54) is 35.3 Å². The molecule has 0 spiro atoms. The lowest BCUT2D eigenvalue weighted by molar-refractivity contribution is -0.137. The molecule has 31 heavy (non-hydrogen) atoms. The van der Waals surface area contributed by atoms with Crippen LogP contribution in [0.5, 0.6) is 0 Å². The number of carbonyl (C=O) groups excluding carboxylic acids is 1. The van der Waals surface area contributed by atoms with Crippen LogP contribution in [-0.2, 0) is 22.1 Å². The van der Waals surface area contributed by atoms with Crippen molar-refractivity contribution in [3.8, 4) is 0 Å². The van der Waals surface area contributed by atoms with E-state index in [0.29, 0.717) is 42.4 Å². The van der Waals surface area contributed by atoms with Crippen LogP contribution in [0.3, 0.4) is 0 Å². The quantitative estimate of drug-likeness (QED) is 0.724. The number of amidine groups is 1. The second kappa shape index (κ2) is 8.14. The predicted octanol–water partition coefficient (Wildman–Crippen LogP) is 4.47. The summed E-state index contributed by atoms with van der Waals surface area (Å²) >= 11 is 0. The van der Waals surface area contributed by atoms with Crippen LogP contribution in [0.2, 0.25) is 0 Å². The summed E-state index contributed by atoms with van der Waals surface area (Å²) in [7, 11) is 0. The minimum Gasteiger partial charge on any atom is -0.381 e. The molecule has 1 fully saturated rings. The Morgan fingerprint density at radius 2 is 2.06 bits per heavy atom. The first-order valence-electron chi connectivity index (χ1n) is 9.63. The van der Waals surface area contributed by atoms with Gasteiger partial charge in [0.15, 0.2) is 0 Å². The highest BCUT2D eigenvalue weighted by molar-refractivity contribution is 6.00. The predicted molar refractivity (Wildman–Crippen MR) is 107 cm³/mol. The number of nitrogens with one attached hydrogen (secondary N) is 1. The van der Waals surface area contributed by atoms with Crippen LogP contribution in [0.1, 0.15) is 23.1 Å².